The zero-order chi connectivity index (χ0) is 16.9. The first kappa shape index (κ1) is 16.9. The Kier molecular flexibility index (Phi) is 5.48. The normalized spacial score (nSPS) is 18.5. The quantitative estimate of drug-likeness (QED) is 0.867. The van der Waals surface area contributed by atoms with Gasteiger partial charge in [-0.2, -0.15) is 4.98 Å². The number of ether oxygens (including phenoxy) is 1. The molecule has 0 aliphatic carbocycles. The lowest BCUT2D eigenvalue weighted by Gasteiger charge is -2.19. The van der Waals surface area contributed by atoms with Crippen LogP contribution in [0.2, 0.25) is 5.02 Å². The molecule has 24 heavy (non-hydrogen) atoms. The molecule has 2 atom stereocenters. The number of hydrogen-bond donors (Lipinski definition) is 1. The smallest absolute Gasteiger partial charge is 0.227 e. The van der Waals surface area contributed by atoms with Crippen LogP contribution in [0.25, 0.3) is 11.4 Å². The van der Waals surface area contributed by atoms with Gasteiger partial charge in [-0.1, -0.05) is 16.8 Å². The highest BCUT2D eigenvalue weighted by atomic mass is 35.5. The topological polar surface area (TPSA) is 77.3 Å². The van der Waals surface area contributed by atoms with E-state index < -0.39 is 0 Å². The molecule has 2 aromatic rings. The number of rotatable bonds is 6. The third-order valence-electron chi connectivity index (χ3n) is 4.05. The van der Waals surface area contributed by atoms with Crippen molar-refractivity contribution in [3.8, 4) is 11.4 Å². The summed E-state index contributed by atoms with van der Waals surface area (Å²) >= 11 is 5.86. The zero-order valence-corrected chi connectivity index (χ0v) is 14.3. The highest BCUT2D eigenvalue weighted by Crippen LogP contribution is 2.19. The molecule has 6 nitrogen and oxygen atoms in total. The van der Waals surface area contributed by atoms with Crippen LogP contribution in [0.3, 0.4) is 0 Å². The number of benzene rings is 1. The van der Waals surface area contributed by atoms with Crippen molar-refractivity contribution < 1.29 is 14.1 Å². The number of carbonyl (C=O) groups is 1. The molecule has 0 bridgehead atoms. The minimum Gasteiger partial charge on any atom is -0.376 e. The van der Waals surface area contributed by atoms with E-state index in [4.69, 9.17) is 20.9 Å². The van der Waals surface area contributed by atoms with Crippen molar-refractivity contribution in [1.29, 1.82) is 0 Å². The van der Waals surface area contributed by atoms with E-state index in [0.29, 0.717) is 29.6 Å². The lowest BCUT2D eigenvalue weighted by Crippen LogP contribution is -2.40. The highest BCUT2D eigenvalue weighted by Gasteiger charge is 2.23. The molecule has 0 radical (unpaired) electrons. The van der Waals surface area contributed by atoms with Crippen LogP contribution in [-0.2, 0) is 16.0 Å². The molecule has 1 saturated heterocycles. The molecule has 0 unspecified atom stereocenters. The molecule has 1 aliphatic heterocycles. The third kappa shape index (κ3) is 4.33. The van der Waals surface area contributed by atoms with Crippen LogP contribution in [-0.4, -0.2) is 34.8 Å². The third-order valence-corrected chi connectivity index (χ3v) is 4.30. The summed E-state index contributed by atoms with van der Waals surface area (Å²) < 4.78 is 10.8. The molecular weight excluding hydrogens is 330 g/mol. The molecule has 2 heterocycles. The molecule has 1 aliphatic rings. The molecule has 128 valence electrons. The fourth-order valence-corrected chi connectivity index (χ4v) is 2.84. The first-order chi connectivity index (χ1) is 11.6. The molecule has 1 fully saturated rings. The van der Waals surface area contributed by atoms with Crippen LogP contribution in [0.15, 0.2) is 28.8 Å². The molecule has 7 heteroatoms. The van der Waals surface area contributed by atoms with Gasteiger partial charge in [0, 0.05) is 30.0 Å². The number of aryl methyl sites for hydroxylation is 1. The van der Waals surface area contributed by atoms with Crippen LogP contribution in [0, 0.1) is 0 Å². The van der Waals surface area contributed by atoms with E-state index in [0.717, 1.165) is 25.0 Å². The molecule has 0 spiro atoms. The summed E-state index contributed by atoms with van der Waals surface area (Å²) in [5, 5.41) is 7.56. The van der Waals surface area contributed by atoms with Gasteiger partial charge in [0.05, 0.1) is 12.1 Å². The summed E-state index contributed by atoms with van der Waals surface area (Å²) in [4.78, 5) is 16.3. The van der Waals surface area contributed by atoms with E-state index in [2.05, 4.69) is 15.5 Å². The van der Waals surface area contributed by atoms with Crippen LogP contribution < -0.4 is 5.32 Å². The Labute approximate surface area is 145 Å². The summed E-state index contributed by atoms with van der Waals surface area (Å²) in [6.07, 6.45) is 2.88. The standard InChI is InChI=1S/C17H20ClN3O3/c1-11(14-3-2-10-23-14)19-15(22)8-9-16-20-17(21-24-16)12-4-6-13(18)7-5-12/h4-7,11,14H,2-3,8-10H2,1H3,(H,19,22)/t11-,14-/m1/s1. The molecule has 0 saturated carbocycles. The summed E-state index contributed by atoms with van der Waals surface area (Å²) in [7, 11) is 0. The fraction of sp³-hybridized carbons (Fsp3) is 0.471. The highest BCUT2D eigenvalue weighted by molar-refractivity contribution is 6.30. The number of amides is 1. The average molecular weight is 350 g/mol. The number of aromatic nitrogens is 2. The van der Waals surface area contributed by atoms with Gasteiger partial charge in [-0.15, -0.1) is 0 Å². The van der Waals surface area contributed by atoms with Gasteiger partial charge in [-0.25, -0.2) is 0 Å². The Morgan fingerprint density at radius 1 is 1.42 bits per heavy atom. The van der Waals surface area contributed by atoms with Crippen molar-refractivity contribution in [3.63, 3.8) is 0 Å². The van der Waals surface area contributed by atoms with Crippen molar-refractivity contribution >= 4 is 17.5 Å². The van der Waals surface area contributed by atoms with Crippen molar-refractivity contribution in [2.75, 3.05) is 6.61 Å². The number of nitrogens with zero attached hydrogens (tertiary/aromatic N) is 2. The van der Waals surface area contributed by atoms with E-state index in [1.807, 2.05) is 19.1 Å². The molecule has 3 rings (SSSR count). The monoisotopic (exact) mass is 349 g/mol. The molecule has 1 aromatic carbocycles. The Morgan fingerprint density at radius 2 is 2.21 bits per heavy atom. The largest absolute Gasteiger partial charge is 0.376 e. The van der Waals surface area contributed by atoms with E-state index in [-0.39, 0.29) is 18.1 Å². The van der Waals surface area contributed by atoms with E-state index in [1.165, 1.54) is 0 Å². The van der Waals surface area contributed by atoms with Crippen LogP contribution in [0.1, 0.15) is 32.1 Å². The van der Waals surface area contributed by atoms with Gasteiger partial charge in [-0.3, -0.25) is 4.79 Å². The maximum atomic E-state index is 12.0. The molecular formula is C17H20ClN3O3. The molecule has 1 aromatic heterocycles. The first-order valence-corrected chi connectivity index (χ1v) is 8.49. The van der Waals surface area contributed by atoms with Gasteiger partial charge < -0.3 is 14.6 Å². The van der Waals surface area contributed by atoms with Crippen molar-refractivity contribution in [1.82, 2.24) is 15.5 Å². The van der Waals surface area contributed by atoms with Crippen LogP contribution in [0.5, 0.6) is 0 Å². The SMILES string of the molecule is C[C@@H](NC(=O)CCc1nc(-c2ccc(Cl)cc2)no1)[C@H]1CCCO1. The maximum absolute atomic E-state index is 12.0. The predicted molar refractivity (Wildman–Crippen MR) is 89.6 cm³/mol. The first-order valence-electron chi connectivity index (χ1n) is 8.11. The lowest BCUT2D eigenvalue weighted by atomic mass is 10.1. The van der Waals surface area contributed by atoms with Crippen LogP contribution >= 0.6 is 11.6 Å². The minimum atomic E-state index is -0.0377. The minimum absolute atomic E-state index is 0.0207. The van der Waals surface area contributed by atoms with E-state index in [1.54, 1.807) is 12.1 Å². The summed E-state index contributed by atoms with van der Waals surface area (Å²) in [6, 6.07) is 7.21. The van der Waals surface area contributed by atoms with E-state index in [9.17, 15) is 4.79 Å². The van der Waals surface area contributed by atoms with Gasteiger partial charge in [0.2, 0.25) is 17.6 Å². The lowest BCUT2D eigenvalue weighted by molar-refractivity contribution is -0.122. The van der Waals surface area contributed by atoms with Gasteiger partial charge in [0.15, 0.2) is 0 Å². The fourth-order valence-electron chi connectivity index (χ4n) is 2.71. The summed E-state index contributed by atoms with van der Waals surface area (Å²) in [5.41, 5.74) is 0.825. The van der Waals surface area contributed by atoms with Gasteiger partial charge in [-0.05, 0) is 44.0 Å². The number of halogens is 1. The van der Waals surface area contributed by atoms with E-state index >= 15 is 0 Å². The predicted octanol–water partition coefficient (Wildman–Crippen LogP) is 3.01. The van der Waals surface area contributed by atoms with Crippen molar-refractivity contribution in [2.24, 2.45) is 0 Å². The van der Waals surface area contributed by atoms with Crippen molar-refractivity contribution in [2.45, 2.75) is 44.8 Å². The Hall–Kier alpha value is -1.92. The number of hydrogen-bond acceptors (Lipinski definition) is 5. The Morgan fingerprint density at radius 3 is 2.92 bits per heavy atom. The second-order valence-corrected chi connectivity index (χ2v) is 6.36. The average Bonchev–Trinajstić information content (AvgIpc) is 3.25. The van der Waals surface area contributed by atoms with Gasteiger partial charge >= 0.3 is 0 Å². The van der Waals surface area contributed by atoms with Gasteiger partial charge in [0.25, 0.3) is 0 Å². The second kappa shape index (κ2) is 7.77. The Bertz CT molecular complexity index is 681. The molecule has 1 N–H and O–H groups in total. The van der Waals surface area contributed by atoms with Crippen LogP contribution in [0.4, 0.5) is 0 Å². The number of nitrogens with one attached hydrogen (secondary N) is 1. The number of carbonyl (C=O) groups excluding carboxylic acids is 1. The zero-order valence-electron chi connectivity index (χ0n) is 13.5. The molecule has 1 amide bonds. The van der Waals surface area contributed by atoms with Gasteiger partial charge in [0.1, 0.15) is 0 Å². The Balaban J connectivity index is 1.49. The maximum Gasteiger partial charge on any atom is 0.227 e. The summed E-state index contributed by atoms with van der Waals surface area (Å²) in [5.74, 6) is 0.902. The summed E-state index contributed by atoms with van der Waals surface area (Å²) in [6.45, 7) is 2.75. The second-order valence-electron chi connectivity index (χ2n) is 5.93. The van der Waals surface area contributed by atoms with Crippen molar-refractivity contribution in [3.05, 3.63) is 35.2 Å².